The molecule has 0 N–H and O–H groups in total. The van der Waals surface area contributed by atoms with Gasteiger partial charge in [-0.3, -0.25) is 0 Å². The number of halogens is 1. The summed E-state index contributed by atoms with van der Waals surface area (Å²) in [5.41, 5.74) is 1.76. The summed E-state index contributed by atoms with van der Waals surface area (Å²) in [6.45, 7) is 2.40. The van der Waals surface area contributed by atoms with Gasteiger partial charge in [0, 0.05) is 36.0 Å². The Kier molecular flexibility index (Phi) is 5.58. The van der Waals surface area contributed by atoms with Crippen LogP contribution in [0, 0.1) is 6.92 Å². The molecule has 2 heterocycles. The minimum absolute atomic E-state index is 0.242. The van der Waals surface area contributed by atoms with E-state index in [0.717, 1.165) is 15.6 Å². The first kappa shape index (κ1) is 20.0. The fourth-order valence-corrected chi connectivity index (χ4v) is 4.82. The molecule has 0 aromatic heterocycles. The second kappa shape index (κ2) is 7.83. The molecule has 2 fully saturated rings. The first-order valence-corrected chi connectivity index (χ1v) is 11.1. The Balaban J connectivity index is 1.38. The lowest BCUT2D eigenvalue weighted by Gasteiger charge is -2.41. The lowest BCUT2D eigenvalue weighted by molar-refractivity contribution is -0.633. The zero-order valence-electron chi connectivity index (χ0n) is 15.2. The Hall–Kier alpha value is -1.33. The van der Waals surface area contributed by atoms with E-state index in [1.54, 1.807) is 24.3 Å². The number of piperidine rings is 1. The smallest absolute Gasteiger partial charge is 0.207 e. The minimum Gasteiger partial charge on any atom is -0.207 e. The molecule has 0 aliphatic carbocycles. The number of nitrogens with zero attached hydrogens (tertiary/aromatic N) is 1. The van der Waals surface area contributed by atoms with Crippen molar-refractivity contribution in [1.29, 1.82) is 0 Å². The van der Waals surface area contributed by atoms with Gasteiger partial charge in [-0.2, -0.15) is 23.9 Å². The maximum absolute atomic E-state index is 12.8. The fraction of sp³-hybridized carbons (Fsp3) is 0.368. The van der Waals surface area contributed by atoms with Crippen LogP contribution < -0.4 is 0 Å². The van der Waals surface area contributed by atoms with Crippen LogP contribution in [0.5, 0.6) is 0 Å². The average Bonchev–Trinajstić information content (AvgIpc) is 2.70. The van der Waals surface area contributed by atoms with Gasteiger partial charge in [0.2, 0.25) is 22.1 Å². The Morgan fingerprint density at radius 2 is 1.54 bits per heavy atom. The summed E-state index contributed by atoms with van der Waals surface area (Å²) in [6.07, 6.45) is -0.205. The topological polar surface area (TPSA) is 74.3 Å². The molecule has 7 nitrogen and oxygen atoms in total. The third-order valence-electron chi connectivity index (χ3n) is 4.86. The number of rotatable bonds is 3. The molecule has 2 aliphatic rings. The van der Waals surface area contributed by atoms with Gasteiger partial charge in [0.25, 0.3) is 0 Å². The molecule has 4 rings (SSSR count). The molecule has 0 amide bonds. The van der Waals surface area contributed by atoms with E-state index >= 15 is 0 Å². The second-order valence-electron chi connectivity index (χ2n) is 6.87. The molecule has 0 atom stereocenters. The van der Waals surface area contributed by atoms with E-state index in [2.05, 4.69) is 15.9 Å². The Bertz CT molecular complexity index is 914. The van der Waals surface area contributed by atoms with Crippen molar-refractivity contribution in [2.24, 2.45) is 0 Å². The van der Waals surface area contributed by atoms with E-state index in [9.17, 15) is 8.42 Å². The predicted octanol–water partition coefficient (Wildman–Crippen LogP) is 3.85. The van der Waals surface area contributed by atoms with Crippen LogP contribution >= 0.6 is 15.9 Å². The third-order valence-corrected chi connectivity index (χ3v) is 7.30. The van der Waals surface area contributed by atoms with Crippen molar-refractivity contribution in [3.05, 3.63) is 64.1 Å². The molecule has 2 aromatic rings. The quantitative estimate of drug-likeness (QED) is 0.635. The van der Waals surface area contributed by atoms with Gasteiger partial charge < -0.3 is 0 Å². The number of aryl methyl sites for hydroxylation is 1. The van der Waals surface area contributed by atoms with Crippen LogP contribution in [0.15, 0.2) is 57.9 Å². The molecule has 2 aliphatic heterocycles. The van der Waals surface area contributed by atoms with Crippen LogP contribution in [0.4, 0.5) is 0 Å². The monoisotopic (exact) mass is 469 g/mol. The summed E-state index contributed by atoms with van der Waals surface area (Å²) in [6, 6.07) is 14.2. The average molecular weight is 470 g/mol. The highest BCUT2D eigenvalue weighted by Crippen LogP contribution is 2.38. The first-order chi connectivity index (χ1) is 13.4. The molecule has 28 heavy (non-hydrogen) atoms. The van der Waals surface area contributed by atoms with Crippen LogP contribution in [0.25, 0.3) is 0 Å². The van der Waals surface area contributed by atoms with Crippen molar-refractivity contribution in [2.45, 2.75) is 36.7 Å². The Morgan fingerprint density at radius 1 is 0.964 bits per heavy atom. The first-order valence-electron chi connectivity index (χ1n) is 8.89. The second-order valence-corrected chi connectivity index (χ2v) is 9.72. The molecular weight excluding hydrogens is 450 g/mol. The van der Waals surface area contributed by atoms with E-state index in [1.807, 2.05) is 31.2 Å². The van der Waals surface area contributed by atoms with Crippen molar-refractivity contribution in [3.63, 3.8) is 0 Å². The summed E-state index contributed by atoms with van der Waals surface area (Å²) >= 11 is 3.37. The number of benzene rings is 2. The van der Waals surface area contributed by atoms with E-state index in [4.69, 9.17) is 19.6 Å². The van der Waals surface area contributed by atoms with E-state index < -0.39 is 22.1 Å². The Labute approximate surface area is 172 Å². The molecule has 2 saturated heterocycles. The van der Waals surface area contributed by atoms with Crippen LogP contribution in [0.2, 0.25) is 0 Å². The molecule has 0 saturated carbocycles. The largest absolute Gasteiger partial charge is 0.249 e. The van der Waals surface area contributed by atoms with Crippen LogP contribution in [0.3, 0.4) is 0 Å². The van der Waals surface area contributed by atoms with Crippen molar-refractivity contribution < 1.29 is 28.0 Å². The van der Waals surface area contributed by atoms with E-state index in [-0.39, 0.29) is 18.0 Å². The molecule has 0 bridgehead atoms. The summed E-state index contributed by atoms with van der Waals surface area (Å²) in [5, 5.41) is 0. The van der Waals surface area contributed by atoms with Gasteiger partial charge in [0.05, 0.1) is 4.90 Å². The Morgan fingerprint density at radius 3 is 2.11 bits per heavy atom. The number of sulfonamides is 1. The highest BCUT2D eigenvalue weighted by Gasteiger charge is 2.46. The van der Waals surface area contributed by atoms with Crippen molar-refractivity contribution in [2.75, 3.05) is 13.1 Å². The lowest BCUT2D eigenvalue weighted by Crippen LogP contribution is -2.51. The molecule has 150 valence electrons. The zero-order valence-corrected chi connectivity index (χ0v) is 17.6. The van der Waals surface area contributed by atoms with Crippen LogP contribution in [0.1, 0.15) is 30.3 Å². The van der Waals surface area contributed by atoms with E-state index in [1.165, 1.54) is 4.31 Å². The molecule has 0 radical (unpaired) electrons. The summed E-state index contributed by atoms with van der Waals surface area (Å²) < 4.78 is 28.0. The van der Waals surface area contributed by atoms with Gasteiger partial charge in [0.1, 0.15) is 0 Å². The fourth-order valence-electron chi connectivity index (χ4n) is 3.12. The SMILES string of the molecule is Cc1ccc(S(=O)(=O)N2CCC3(CC2)OOC(c2ccc(Br)cc2)OO3)cc1. The van der Waals surface area contributed by atoms with Crippen molar-refractivity contribution in [1.82, 2.24) is 4.31 Å². The molecule has 0 unspecified atom stereocenters. The third kappa shape index (κ3) is 4.02. The number of hydrogen-bond donors (Lipinski definition) is 0. The maximum atomic E-state index is 12.8. The molecular formula is C19H20BrNO6S. The zero-order chi connectivity index (χ0) is 19.8. The van der Waals surface area contributed by atoms with Gasteiger partial charge in [0.15, 0.2) is 0 Å². The summed E-state index contributed by atoms with van der Waals surface area (Å²) in [5.74, 6) is -1.11. The van der Waals surface area contributed by atoms with Gasteiger partial charge in [-0.25, -0.2) is 8.42 Å². The van der Waals surface area contributed by atoms with Gasteiger partial charge in [-0.05, 0) is 31.2 Å². The highest BCUT2D eigenvalue weighted by atomic mass is 79.9. The predicted molar refractivity (Wildman–Crippen MR) is 103 cm³/mol. The number of hydrogen-bond acceptors (Lipinski definition) is 6. The van der Waals surface area contributed by atoms with Gasteiger partial charge >= 0.3 is 0 Å². The lowest BCUT2D eigenvalue weighted by atomic mass is 10.1. The van der Waals surface area contributed by atoms with Gasteiger partial charge in [-0.1, -0.05) is 45.8 Å². The van der Waals surface area contributed by atoms with Crippen LogP contribution in [-0.4, -0.2) is 31.6 Å². The normalized spacial score (nSPS) is 21.1. The minimum atomic E-state index is -3.56. The molecule has 2 aromatic carbocycles. The summed E-state index contributed by atoms with van der Waals surface area (Å²) in [7, 11) is -3.56. The van der Waals surface area contributed by atoms with Crippen LogP contribution in [-0.2, 0) is 29.6 Å². The summed E-state index contributed by atoms with van der Waals surface area (Å²) in [4.78, 5) is 22.1. The van der Waals surface area contributed by atoms with E-state index in [0.29, 0.717) is 12.8 Å². The molecule has 9 heteroatoms. The van der Waals surface area contributed by atoms with Gasteiger partial charge in [-0.15, -0.1) is 0 Å². The standard InChI is InChI=1S/C19H20BrNO6S/c1-14-2-8-17(9-3-14)28(22,23)21-12-10-19(11-13-21)26-24-18(25-27-19)15-4-6-16(20)7-5-15/h2-9,18H,10-13H2,1H3. The van der Waals surface area contributed by atoms with Crippen molar-refractivity contribution in [3.8, 4) is 0 Å². The highest BCUT2D eigenvalue weighted by molar-refractivity contribution is 9.10. The van der Waals surface area contributed by atoms with Crippen molar-refractivity contribution >= 4 is 26.0 Å². The maximum Gasteiger partial charge on any atom is 0.249 e. The molecule has 1 spiro atoms.